The Morgan fingerprint density at radius 1 is 1.25 bits per heavy atom. The lowest BCUT2D eigenvalue weighted by Gasteiger charge is -2.35. The lowest BCUT2D eigenvalue weighted by Crippen LogP contribution is -2.42. The molecule has 2 aliphatic rings. The smallest absolute Gasteiger partial charge is 0.280 e. The third kappa shape index (κ3) is 3.50. The van der Waals surface area contributed by atoms with Crippen molar-refractivity contribution in [1.82, 2.24) is 19.3 Å². The van der Waals surface area contributed by atoms with Crippen LogP contribution in [0.3, 0.4) is 0 Å². The Morgan fingerprint density at radius 2 is 2.06 bits per heavy atom. The van der Waals surface area contributed by atoms with Gasteiger partial charge >= 0.3 is 0 Å². The van der Waals surface area contributed by atoms with Gasteiger partial charge in [0.15, 0.2) is 9.84 Å². The van der Waals surface area contributed by atoms with Gasteiger partial charge in [0.2, 0.25) is 5.65 Å². The van der Waals surface area contributed by atoms with Crippen LogP contribution in [0.2, 0.25) is 0 Å². The van der Waals surface area contributed by atoms with Crippen molar-refractivity contribution in [2.24, 2.45) is 0 Å². The Hall–Kier alpha value is -3.08. The lowest BCUT2D eigenvalue weighted by atomic mass is 9.94. The number of rotatable bonds is 5. The van der Waals surface area contributed by atoms with Crippen LogP contribution in [0.15, 0.2) is 36.8 Å². The zero-order chi connectivity index (χ0) is 22.6. The Balaban J connectivity index is 1.40. The molecule has 1 fully saturated rings. The lowest BCUT2D eigenvalue weighted by molar-refractivity contribution is 0.0406. The fourth-order valence-corrected chi connectivity index (χ4v) is 5.41. The van der Waals surface area contributed by atoms with Crippen LogP contribution < -0.4 is 4.74 Å². The summed E-state index contributed by atoms with van der Waals surface area (Å²) >= 11 is 0. The molecule has 0 radical (unpaired) electrons. The molecule has 0 aliphatic carbocycles. The molecule has 0 bridgehead atoms. The largest absolute Gasteiger partial charge is 0.470 e. The van der Waals surface area contributed by atoms with E-state index in [-0.39, 0.29) is 41.5 Å². The number of benzene rings is 1. The van der Waals surface area contributed by atoms with E-state index in [1.807, 2.05) is 6.07 Å². The third-order valence-corrected chi connectivity index (χ3v) is 6.73. The summed E-state index contributed by atoms with van der Waals surface area (Å²) in [5, 5.41) is 0. The second-order valence-electron chi connectivity index (χ2n) is 8.15. The normalized spacial score (nSPS) is 20.6. The number of imidazole rings is 1. The van der Waals surface area contributed by atoms with Crippen LogP contribution in [-0.4, -0.2) is 52.5 Å². The van der Waals surface area contributed by atoms with Gasteiger partial charge in [-0.3, -0.25) is 9.20 Å². The first-order valence-electron chi connectivity index (χ1n) is 10.1. The van der Waals surface area contributed by atoms with E-state index in [0.717, 1.165) is 18.0 Å². The van der Waals surface area contributed by atoms with Crippen molar-refractivity contribution in [1.29, 1.82) is 0 Å². The second kappa shape index (κ2) is 7.51. The summed E-state index contributed by atoms with van der Waals surface area (Å²) in [4.78, 5) is 23.1. The molecule has 0 N–H and O–H groups in total. The number of carbonyl (C=O) groups excluding carboxylic acids is 1. The highest BCUT2D eigenvalue weighted by Gasteiger charge is 2.42. The van der Waals surface area contributed by atoms with E-state index in [1.165, 1.54) is 16.8 Å². The number of piperidine rings is 1. The maximum atomic E-state index is 13.2. The zero-order valence-corrected chi connectivity index (χ0v) is 17.9. The van der Waals surface area contributed by atoms with Crippen LogP contribution in [0, 0.1) is 0 Å². The van der Waals surface area contributed by atoms with Gasteiger partial charge in [0.25, 0.3) is 18.2 Å². The van der Waals surface area contributed by atoms with E-state index in [4.69, 9.17) is 4.74 Å². The summed E-state index contributed by atoms with van der Waals surface area (Å²) in [5.41, 5.74) is 1.74. The first-order valence-corrected chi connectivity index (χ1v) is 12.2. The van der Waals surface area contributed by atoms with Crippen LogP contribution >= 0.6 is 0 Å². The van der Waals surface area contributed by atoms with Crippen LogP contribution in [0.1, 0.15) is 52.5 Å². The number of hydrogen-bond acceptors (Lipinski definition) is 6. The quantitative estimate of drug-likeness (QED) is 0.579. The number of carbonyl (C=O) groups is 1. The number of amides is 1. The first kappa shape index (κ1) is 20.8. The predicted molar refractivity (Wildman–Crippen MR) is 110 cm³/mol. The zero-order valence-electron chi connectivity index (χ0n) is 17.1. The van der Waals surface area contributed by atoms with Gasteiger partial charge in [-0.05, 0) is 24.0 Å². The first-order chi connectivity index (χ1) is 15.2. The summed E-state index contributed by atoms with van der Waals surface area (Å²) in [7, 11) is -3.30. The van der Waals surface area contributed by atoms with Gasteiger partial charge in [0, 0.05) is 24.2 Å². The molecule has 0 unspecified atom stereocenters. The SMILES string of the molecule is CS(=O)(=O)Cc1cccc2c1C(=O)N1C[C@H](Oc3nccn4c(C(F)F)cnc34)CC[C@@H]21. The molecule has 0 spiro atoms. The van der Waals surface area contributed by atoms with E-state index in [0.29, 0.717) is 24.0 Å². The average molecular weight is 462 g/mol. The molecule has 11 heteroatoms. The molecule has 3 aromatic rings. The van der Waals surface area contributed by atoms with Gasteiger partial charge in [-0.25, -0.2) is 27.2 Å². The van der Waals surface area contributed by atoms with Crippen molar-refractivity contribution in [3.63, 3.8) is 0 Å². The topological polar surface area (TPSA) is 93.9 Å². The molecule has 1 aromatic carbocycles. The van der Waals surface area contributed by atoms with Crippen molar-refractivity contribution in [3.8, 4) is 5.88 Å². The summed E-state index contributed by atoms with van der Waals surface area (Å²) < 4.78 is 57.2. The minimum absolute atomic E-state index is 0.129. The van der Waals surface area contributed by atoms with Gasteiger partial charge < -0.3 is 9.64 Å². The van der Waals surface area contributed by atoms with Crippen LogP contribution in [-0.2, 0) is 15.6 Å². The summed E-state index contributed by atoms with van der Waals surface area (Å²) in [6, 6.07) is 5.18. The summed E-state index contributed by atoms with van der Waals surface area (Å²) in [5.74, 6) is -0.282. The van der Waals surface area contributed by atoms with Gasteiger partial charge in [0.1, 0.15) is 11.8 Å². The maximum absolute atomic E-state index is 13.2. The molecule has 4 heterocycles. The maximum Gasteiger partial charge on any atom is 0.280 e. The molecule has 2 aliphatic heterocycles. The number of ether oxygens (including phenoxy) is 1. The highest BCUT2D eigenvalue weighted by Crippen LogP contribution is 2.42. The number of aromatic nitrogens is 3. The highest BCUT2D eigenvalue weighted by atomic mass is 32.2. The van der Waals surface area contributed by atoms with Crippen LogP contribution in [0.5, 0.6) is 5.88 Å². The van der Waals surface area contributed by atoms with E-state index < -0.39 is 22.4 Å². The predicted octanol–water partition coefficient (Wildman–Crippen LogP) is 2.95. The standard InChI is InChI=1S/C21H20F2N4O4S/c1-32(29,30)11-12-3-2-4-14-15-6-5-13(10-27(15)21(28)17(12)14)31-20-19-25-9-16(18(22)23)26(19)8-7-24-20/h2-4,7-9,13,15,18H,5-6,10-11H2,1H3/t13-,15+/m1/s1. The van der Waals surface area contributed by atoms with Crippen molar-refractivity contribution >= 4 is 21.4 Å². The van der Waals surface area contributed by atoms with Crippen LogP contribution in [0.25, 0.3) is 5.65 Å². The molecule has 8 nitrogen and oxygen atoms in total. The highest BCUT2D eigenvalue weighted by molar-refractivity contribution is 7.89. The number of alkyl halides is 2. The molecule has 5 rings (SSSR count). The summed E-state index contributed by atoms with van der Waals surface area (Å²) in [6.45, 7) is 0.279. The molecule has 2 aromatic heterocycles. The average Bonchev–Trinajstić information content (AvgIpc) is 3.28. The molecule has 1 amide bonds. The molecule has 168 valence electrons. The monoisotopic (exact) mass is 462 g/mol. The number of hydrogen-bond donors (Lipinski definition) is 0. The van der Waals surface area contributed by atoms with Gasteiger partial charge in [0.05, 0.1) is 24.5 Å². The number of nitrogens with zero attached hydrogens (tertiary/aromatic N) is 4. The van der Waals surface area contributed by atoms with Gasteiger partial charge in [-0.1, -0.05) is 18.2 Å². The Kier molecular flexibility index (Phi) is 4.88. The Labute approximate surface area is 182 Å². The van der Waals surface area contributed by atoms with Crippen molar-refractivity contribution in [2.45, 2.75) is 37.2 Å². The van der Waals surface area contributed by atoms with E-state index >= 15 is 0 Å². The van der Waals surface area contributed by atoms with Crippen molar-refractivity contribution < 1.29 is 26.7 Å². The fourth-order valence-electron chi connectivity index (χ4n) is 4.60. The minimum atomic E-state index is -3.30. The van der Waals surface area contributed by atoms with E-state index in [1.54, 1.807) is 17.0 Å². The molecular formula is C21H20F2N4O4S. The number of fused-ring (bicyclic) bond motifs is 4. The Bertz CT molecular complexity index is 1320. The van der Waals surface area contributed by atoms with E-state index in [2.05, 4.69) is 9.97 Å². The van der Waals surface area contributed by atoms with Crippen LogP contribution in [0.4, 0.5) is 8.78 Å². The molecule has 2 atom stereocenters. The molecular weight excluding hydrogens is 442 g/mol. The number of halogens is 2. The molecule has 1 saturated heterocycles. The molecule has 0 saturated carbocycles. The van der Waals surface area contributed by atoms with E-state index in [9.17, 15) is 22.0 Å². The van der Waals surface area contributed by atoms with Gasteiger partial charge in [-0.2, -0.15) is 0 Å². The van der Waals surface area contributed by atoms with Crippen molar-refractivity contribution in [2.75, 3.05) is 12.8 Å². The second-order valence-corrected chi connectivity index (χ2v) is 10.3. The van der Waals surface area contributed by atoms with Gasteiger partial charge in [-0.15, -0.1) is 0 Å². The number of sulfone groups is 1. The Morgan fingerprint density at radius 3 is 2.81 bits per heavy atom. The van der Waals surface area contributed by atoms with Crippen molar-refractivity contribution in [3.05, 3.63) is 59.2 Å². The third-order valence-electron chi connectivity index (χ3n) is 5.90. The minimum Gasteiger partial charge on any atom is -0.470 e. The summed E-state index contributed by atoms with van der Waals surface area (Å²) in [6.07, 6.45) is 3.18. The molecule has 32 heavy (non-hydrogen) atoms. The fraction of sp³-hybridized carbons (Fsp3) is 0.381.